The number of ketones is 2. The van der Waals surface area contributed by atoms with Crippen LogP contribution in [-0.4, -0.2) is 35.6 Å². The predicted octanol–water partition coefficient (Wildman–Crippen LogP) is 4.09. The van der Waals surface area contributed by atoms with E-state index in [-0.39, 0.29) is 16.8 Å². The van der Waals surface area contributed by atoms with E-state index in [1.165, 1.54) is 0 Å². The van der Waals surface area contributed by atoms with E-state index < -0.39 is 46.9 Å². The van der Waals surface area contributed by atoms with Gasteiger partial charge in [-0.3, -0.25) is 19.2 Å². The quantitative estimate of drug-likeness (QED) is 0.412. The smallest absolute Gasteiger partial charge is 0.241 e. The van der Waals surface area contributed by atoms with Gasteiger partial charge < -0.3 is 9.47 Å². The number of carbonyl (C=O) groups excluding carboxylic acids is 4. The molecule has 3 atom stereocenters. The number of aryl methyl sites for hydroxylation is 1. The molecular weight excluding hydrogens is 458 g/mol. The average molecular weight is 482 g/mol. The molecule has 3 aromatic carbocycles. The Labute approximate surface area is 207 Å². The van der Waals surface area contributed by atoms with Gasteiger partial charge in [0.15, 0.2) is 0 Å². The summed E-state index contributed by atoms with van der Waals surface area (Å²) in [6, 6.07) is 20.6. The van der Waals surface area contributed by atoms with Crippen molar-refractivity contribution in [2.45, 2.75) is 25.6 Å². The topological polar surface area (TPSA) is 90.0 Å². The summed E-state index contributed by atoms with van der Waals surface area (Å²) in [6.45, 7) is 4.08. The zero-order valence-electron chi connectivity index (χ0n) is 19.8. The molecule has 36 heavy (non-hydrogen) atoms. The molecule has 3 aliphatic rings. The van der Waals surface area contributed by atoms with Crippen LogP contribution in [0.15, 0.2) is 72.8 Å². The van der Waals surface area contributed by atoms with Gasteiger partial charge in [-0.25, -0.2) is 4.90 Å². The van der Waals surface area contributed by atoms with Crippen LogP contribution in [0.2, 0.25) is 0 Å². The number of carbonyl (C=O) groups is 4. The second-order valence-electron chi connectivity index (χ2n) is 9.30. The molecule has 0 saturated carbocycles. The Hall–Kier alpha value is -4.10. The first-order chi connectivity index (χ1) is 17.4. The molecular formula is C29H23NO6. The van der Waals surface area contributed by atoms with E-state index in [1.807, 2.05) is 38.1 Å². The highest BCUT2D eigenvalue weighted by Gasteiger charge is 2.74. The van der Waals surface area contributed by atoms with E-state index in [0.717, 1.165) is 10.5 Å². The van der Waals surface area contributed by atoms with Crippen LogP contribution in [0.4, 0.5) is 5.69 Å². The van der Waals surface area contributed by atoms with Crippen molar-refractivity contribution in [3.8, 4) is 5.75 Å². The Kier molecular flexibility index (Phi) is 4.95. The lowest BCUT2D eigenvalue weighted by Gasteiger charge is -2.27. The van der Waals surface area contributed by atoms with E-state index in [9.17, 15) is 19.2 Å². The Morgan fingerprint density at radius 3 is 2.08 bits per heavy atom. The Balaban J connectivity index is 1.54. The molecule has 0 N–H and O–H groups in total. The number of imide groups is 1. The zero-order valence-corrected chi connectivity index (χ0v) is 19.8. The van der Waals surface area contributed by atoms with Gasteiger partial charge in [0.25, 0.3) is 0 Å². The molecule has 0 bridgehead atoms. The van der Waals surface area contributed by atoms with Gasteiger partial charge in [-0.1, -0.05) is 66.2 Å². The van der Waals surface area contributed by atoms with Crippen LogP contribution in [0.3, 0.4) is 0 Å². The standard InChI is InChI=1S/C29H23NO6/c1-3-35-21-11-7-6-10-20(21)30-27(33)22-23(28(30)34)29(36-24(22)17-14-12-16(2)13-15-17)25(31)18-8-4-5-9-19(18)26(29)32/h4-15,22-24H,3H2,1-2H3/t22-,23+,24-/m0/s1. The maximum atomic E-state index is 14.1. The largest absolute Gasteiger partial charge is 0.492 e. The minimum atomic E-state index is -2.09. The maximum absolute atomic E-state index is 14.1. The van der Waals surface area contributed by atoms with Crippen LogP contribution in [0.25, 0.3) is 0 Å². The summed E-state index contributed by atoms with van der Waals surface area (Å²) in [5, 5.41) is 0. The normalized spacial score (nSPS) is 23.9. The van der Waals surface area contributed by atoms with Crippen molar-refractivity contribution in [3.63, 3.8) is 0 Å². The monoisotopic (exact) mass is 481 g/mol. The molecule has 2 heterocycles. The maximum Gasteiger partial charge on any atom is 0.241 e. The molecule has 0 unspecified atom stereocenters. The lowest BCUT2D eigenvalue weighted by molar-refractivity contribution is -0.127. The highest BCUT2D eigenvalue weighted by Crippen LogP contribution is 2.58. The fourth-order valence-corrected chi connectivity index (χ4v) is 5.73. The van der Waals surface area contributed by atoms with E-state index in [1.54, 1.807) is 48.5 Å². The number of Topliss-reactive ketones (excluding diaryl/α,β-unsaturated/α-hetero) is 2. The van der Waals surface area contributed by atoms with Crippen molar-refractivity contribution in [2.24, 2.45) is 11.8 Å². The van der Waals surface area contributed by atoms with Crippen molar-refractivity contribution in [1.82, 2.24) is 0 Å². The molecule has 0 radical (unpaired) electrons. The van der Waals surface area contributed by atoms with Gasteiger partial charge in [-0.15, -0.1) is 0 Å². The fourth-order valence-electron chi connectivity index (χ4n) is 5.73. The van der Waals surface area contributed by atoms with Gasteiger partial charge >= 0.3 is 0 Å². The van der Waals surface area contributed by atoms with E-state index in [2.05, 4.69) is 0 Å². The summed E-state index contributed by atoms with van der Waals surface area (Å²) < 4.78 is 12.0. The van der Waals surface area contributed by atoms with Crippen LogP contribution in [-0.2, 0) is 14.3 Å². The number of benzene rings is 3. The number of hydrogen-bond donors (Lipinski definition) is 0. The molecule has 3 aromatic rings. The molecule has 6 rings (SSSR count). The molecule has 2 fully saturated rings. The summed E-state index contributed by atoms with van der Waals surface area (Å²) in [4.78, 5) is 56.7. The minimum Gasteiger partial charge on any atom is -0.492 e. The molecule has 7 heteroatoms. The van der Waals surface area contributed by atoms with Crippen LogP contribution in [0, 0.1) is 18.8 Å². The van der Waals surface area contributed by atoms with Gasteiger partial charge in [-0.05, 0) is 31.5 Å². The van der Waals surface area contributed by atoms with Crippen LogP contribution in [0.5, 0.6) is 5.75 Å². The van der Waals surface area contributed by atoms with Crippen molar-refractivity contribution in [1.29, 1.82) is 0 Å². The molecule has 7 nitrogen and oxygen atoms in total. The SMILES string of the molecule is CCOc1ccccc1N1C(=O)[C@@H]2[C@H](c3ccc(C)cc3)OC3(C(=O)c4ccccc4C3=O)[C@H]2C1=O. The number of hydrogen-bond acceptors (Lipinski definition) is 6. The number of rotatable bonds is 4. The molecule has 1 aliphatic carbocycles. The highest BCUT2D eigenvalue weighted by atomic mass is 16.5. The van der Waals surface area contributed by atoms with Gasteiger partial charge in [0.05, 0.1) is 30.2 Å². The van der Waals surface area contributed by atoms with Crippen molar-refractivity contribution in [2.75, 3.05) is 11.5 Å². The zero-order chi connectivity index (χ0) is 25.2. The van der Waals surface area contributed by atoms with Crippen LogP contribution < -0.4 is 9.64 Å². The van der Waals surface area contributed by atoms with Gasteiger partial charge in [0.2, 0.25) is 29.0 Å². The molecule has 2 saturated heterocycles. The van der Waals surface area contributed by atoms with Crippen molar-refractivity contribution < 1.29 is 28.7 Å². The van der Waals surface area contributed by atoms with Crippen LogP contribution in [0.1, 0.15) is 44.9 Å². The van der Waals surface area contributed by atoms with Gasteiger partial charge in [0.1, 0.15) is 5.75 Å². The van der Waals surface area contributed by atoms with Crippen LogP contribution >= 0.6 is 0 Å². The summed E-state index contributed by atoms with van der Waals surface area (Å²) in [5.41, 5.74) is 0.247. The van der Waals surface area contributed by atoms with E-state index >= 15 is 0 Å². The van der Waals surface area contributed by atoms with Gasteiger partial charge in [0, 0.05) is 11.1 Å². The third-order valence-electron chi connectivity index (χ3n) is 7.33. The fraction of sp³-hybridized carbons (Fsp3) is 0.241. The lowest BCUT2D eigenvalue weighted by Crippen LogP contribution is -2.51. The Morgan fingerprint density at radius 1 is 0.833 bits per heavy atom. The number of para-hydroxylation sites is 2. The molecule has 0 aromatic heterocycles. The molecule has 1 spiro atoms. The summed E-state index contributed by atoms with van der Waals surface area (Å²) in [7, 11) is 0. The molecule has 2 aliphatic heterocycles. The summed E-state index contributed by atoms with van der Waals surface area (Å²) in [5.74, 6) is -4.27. The molecule has 180 valence electrons. The first-order valence-corrected chi connectivity index (χ1v) is 11.9. The molecule has 2 amide bonds. The predicted molar refractivity (Wildman–Crippen MR) is 130 cm³/mol. The van der Waals surface area contributed by atoms with Crippen molar-refractivity contribution in [3.05, 3.63) is 95.1 Å². The minimum absolute atomic E-state index is 0.208. The second-order valence-corrected chi connectivity index (χ2v) is 9.30. The second kappa shape index (κ2) is 7.96. The third-order valence-corrected chi connectivity index (χ3v) is 7.33. The number of fused-ring (bicyclic) bond motifs is 3. The number of amides is 2. The lowest BCUT2D eigenvalue weighted by atomic mass is 9.77. The first kappa shape index (κ1) is 22.4. The number of ether oxygens (including phenoxy) is 2. The Morgan fingerprint density at radius 2 is 1.44 bits per heavy atom. The van der Waals surface area contributed by atoms with E-state index in [4.69, 9.17) is 9.47 Å². The Bertz CT molecular complexity index is 1410. The summed E-state index contributed by atoms with van der Waals surface area (Å²) in [6.07, 6.45) is -0.946. The number of anilines is 1. The highest BCUT2D eigenvalue weighted by molar-refractivity contribution is 6.37. The van der Waals surface area contributed by atoms with Crippen molar-refractivity contribution >= 4 is 29.1 Å². The number of nitrogens with zero attached hydrogens (tertiary/aromatic N) is 1. The third kappa shape index (κ3) is 2.83. The van der Waals surface area contributed by atoms with E-state index in [0.29, 0.717) is 17.9 Å². The van der Waals surface area contributed by atoms with Gasteiger partial charge in [-0.2, -0.15) is 0 Å². The average Bonchev–Trinajstić information content (AvgIpc) is 3.45. The summed E-state index contributed by atoms with van der Waals surface area (Å²) >= 11 is 0. The first-order valence-electron chi connectivity index (χ1n) is 11.9.